The van der Waals surface area contributed by atoms with Crippen molar-refractivity contribution in [1.82, 2.24) is 10.4 Å². The van der Waals surface area contributed by atoms with Crippen molar-refractivity contribution in [3.05, 3.63) is 0 Å². The lowest BCUT2D eigenvalue weighted by Crippen LogP contribution is -2.48. The second-order valence-corrected chi connectivity index (χ2v) is 4.43. The molecule has 2 aliphatic heterocycles. The van der Waals surface area contributed by atoms with Gasteiger partial charge in [-0.3, -0.25) is 4.79 Å². The van der Waals surface area contributed by atoms with Crippen LogP contribution in [0.1, 0.15) is 19.3 Å². The number of rotatable bonds is 2. The number of hydrazine groups is 1. The quantitative estimate of drug-likeness (QED) is 0.604. The van der Waals surface area contributed by atoms with Crippen LogP contribution in [0, 0.1) is 5.92 Å². The minimum atomic E-state index is -0.159. The van der Waals surface area contributed by atoms with Gasteiger partial charge in [0, 0.05) is 12.6 Å². The lowest BCUT2D eigenvalue weighted by atomic mass is 9.93. The number of hydrogen-bond acceptors (Lipinski definition) is 5. The summed E-state index contributed by atoms with van der Waals surface area (Å²) in [5.41, 5.74) is 8.87. The zero-order chi connectivity index (χ0) is 10.8. The number of piperidine rings is 1. The molecule has 0 aromatic carbocycles. The molecule has 2 heterocycles. The maximum absolute atomic E-state index is 11.4. The van der Waals surface area contributed by atoms with Crippen molar-refractivity contribution >= 4 is 5.97 Å². The van der Waals surface area contributed by atoms with Crippen molar-refractivity contribution in [2.75, 3.05) is 20.2 Å². The molecule has 2 rings (SSSR count). The van der Waals surface area contributed by atoms with E-state index in [1.54, 1.807) is 0 Å². The van der Waals surface area contributed by atoms with Gasteiger partial charge in [-0.15, -0.1) is 0 Å². The molecule has 5 nitrogen and oxygen atoms in total. The average molecular weight is 213 g/mol. The molecular formula is C10H19N3O2. The minimum absolute atomic E-state index is 0.156. The van der Waals surface area contributed by atoms with Gasteiger partial charge in [-0.25, -0.2) is 10.4 Å². The Morgan fingerprint density at radius 1 is 1.60 bits per heavy atom. The highest BCUT2D eigenvalue weighted by atomic mass is 16.5. The van der Waals surface area contributed by atoms with Gasteiger partial charge in [-0.1, -0.05) is 0 Å². The summed E-state index contributed by atoms with van der Waals surface area (Å²) >= 11 is 0. The summed E-state index contributed by atoms with van der Waals surface area (Å²) in [5.74, 6) is 0.402. The maximum Gasteiger partial charge on any atom is 0.324 e. The van der Waals surface area contributed by atoms with Gasteiger partial charge in [0.25, 0.3) is 0 Å². The summed E-state index contributed by atoms with van der Waals surface area (Å²) in [5, 5.41) is 2.17. The highest BCUT2D eigenvalue weighted by Gasteiger charge is 2.39. The molecule has 3 unspecified atom stereocenters. The third kappa shape index (κ3) is 2.14. The third-order valence-electron chi connectivity index (χ3n) is 3.45. The number of nitrogens with two attached hydrogens (primary N) is 1. The van der Waals surface area contributed by atoms with E-state index in [0.29, 0.717) is 12.0 Å². The predicted octanol–water partition coefficient (Wildman–Crippen LogP) is -0.524. The first-order valence-corrected chi connectivity index (χ1v) is 5.55. The molecule has 0 spiro atoms. The molecule has 2 fully saturated rings. The Bertz CT molecular complexity index is 247. The number of hydrogen-bond donors (Lipinski definition) is 2. The van der Waals surface area contributed by atoms with Crippen LogP contribution in [-0.2, 0) is 9.53 Å². The lowest BCUT2D eigenvalue weighted by molar-refractivity contribution is -0.143. The Morgan fingerprint density at radius 2 is 2.40 bits per heavy atom. The summed E-state index contributed by atoms with van der Waals surface area (Å²) in [4.78, 5) is 11.4. The molecule has 2 aliphatic rings. The van der Waals surface area contributed by atoms with Gasteiger partial charge in [0.2, 0.25) is 0 Å². The van der Waals surface area contributed by atoms with Gasteiger partial charge in [-0.05, 0) is 31.7 Å². The molecule has 0 aliphatic carbocycles. The molecule has 15 heavy (non-hydrogen) atoms. The monoisotopic (exact) mass is 213 g/mol. The van der Waals surface area contributed by atoms with Crippen molar-refractivity contribution < 1.29 is 9.53 Å². The van der Waals surface area contributed by atoms with E-state index in [1.807, 2.05) is 0 Å². The van der Waals surface area contributed by atoms with Crippen molar-refractivity contribution in [2.24, 2.45) is 11.7 Å². The molecule has 0 bridgehead atoms. The van der Waals surface area contributed by atoms with Crippen molar-refractivity contribution in [3.63, 3.8) is 0 Å². The van der Waals surface area contributed by atoms with E-state index in [9.17, 15) is 4.79 Å². The molecule has 0 amide bonds. The molecule has 86 valence electrons. The van der Waals surface area contributed by atoms with E-state index >= 15 is 0 Å². The molecule has 0 aromatic rings. The van der Waals surface area contributed by atoms with E-state index in [1.165, 1.54) is 13.5 Å². The second-order valence-electron chi connectivity index (χ2n) is 4.43. The summed E-state index contributed by atoms with van der Waals surface area (Å²) in [6.07, 6.45) is 3.17. The molecule has 3 atom stereocenters. The maximum atomic E-state index is 11.4. The molecule has 0 radical (unpaired) electrons. The van der Waals surface area contributed by atoms with Gasteiger partial charge in [0.15, 0.2) is 0 Å². The Balaban J connectivity index is 1.92. The van der Waals surface area contributed by atoms with E-state index in [0.717, 1.165) is 25.9 Å². The Labute approximate surface area is 89.9 Å². The number of carbonyl (C=O) groups excluding carboxylic acids is 1. The number of ether oxygens (including phenoxy) is 1. The topological polar surface area (TPSA) is 67.6 Å². The normalized spacial score (nSPS) is 36.3. The number of carbonyl (C=O) groups is 1. The van der Waals surface area contributed by atoms with Gasteiger partial charge in [0.1, 0.15) is 6.04 Å². The van der Waals surface area contributed by atoms with Crippen LogP contribution in [0.15, 0.2) is 0 Å². The highest BCUT2D eigenvalue weighted by molar-refractivity contribution is 5.75. The molecular weight excluding hydrogens is 194 g/mol. The highest BCUT2D eigenvalue weighted by Crippen LogP contribution is 2.27. The van der Waals surface area contributed by atoms with Crippen molar-refractivity contribution in [2.45, 2.75) is 31.3 Å². The summed E-state index contributed by atoms with van der Waals surface area (Å²) in [7, 11) is 1.43. The summed E-state index contributed by atoms with van der Waals surface area (Å²) < 4.78 is 4.74. The number of esters is 1. The first-order valence-electron chi connectivity index (χ1n) is 5.55. The average Bonchev–Trinajstić information content (AvgIpc) is 2.70. The van der Waals surface area contributed by atoms with Gasteiger partial charge < -0.3 is 10.5 Å². The third-order valence-corrected chi connectivity index (χ3v) is 3.45. The molecule has 0 saturated carbocycles. The number of methoxy groups -OCH3 is 1. The van der Waals surface area contributed by atoms with Crippen LogP contribution in [0.5, 0.6) is 0 Å². The smallest absolute Gasteiger partial charge is 0.324 e. The number of nitrogens with one attached hydrogen (secondary N) is 1. The fraction of sp³-hybridized carbons (Fsp3) is 0.900. The lowest BCUT2D eigenvalue weighted by Gasteiger charge is -2.33. The second kappa shape index (κ2) is 4.47. The fourth-order valence-corrected chi connectivity index (χ4v) is 2.51. The Morgan fingerprint density at radius 3 is 3.07 bits per heavy atom. The van der Waals surface area contributed by atoms with Crippen LogP contribution in [0.25, 0.3) is 0 Å². The summed E-state index contributed by atoms with van der Waals surface area (Å²) in [6, 6.07) is 0.327. The van der Waals surface area contributed by atoms with Crippen LogP contribution >= 0.6 is 0 Å². The molecule has 2 saturated heterocycles. The van der Waals surface area contributed by atoms with E-state index in [-0.39, 0.29) is 12.0 Å². The minimum Gasteiger partial charge on any atom is -0.468 e. The van der Waals surface area contributed by atoms with Crippen LogP contribution in [0.2, 0.25) is 0 Å². The van der Waals surface area contributed by atoms with Crippen LogP contribution in [-0.4, -0.2) is 43.3 Å². The van der Waals surface area contributed by atoms with Gasteiger partial charge in [-0.2, -0.15) is 0 Å². The Hall–Kier alpha value is -0.650. The largest absolute Gasteiger partial charge is 0.468 e. The number of nitrogens with zero attached hydrogens (tertiary/aromatic N) is 1. The predicted molar refractivity (Wildman–Crippen MR) is 55.8 cm³/mol. The zero-order valence-electron chi connectivity index (χ0n) is 9.11. The first kappa shape index (κ1) is 10.9. The summed E-state index contributed by atoms with van der Waals surface area (Å²) in [6.45, 7) is 1.68. The van der Waals surface area contributed by atoms with Crippen LogP contribution in [0.4, 0.5) is 0 Å². The molecule has 5 heteroatoms. The number of fused-ring (bicyclic) bond motifs is 1. The SMILES string of the molecule is COC(=O)C1CC2CCC(CN)CN2N1. The molecule has 3 N–H and O–H groups in total. The zero-order valence-corrected chi connectivity index (χ0v) is 9.11. The van der Waals surface area contributed by atoms with E-state index < -0.39 is 0 Å². The van der Waals surface area contributed by atoms with Crippen molar-refractivity contribution in [3.8, 4) is 0 Å². The standard InChI is InChI=1S/C10H19N3O2/c1-15-10(14)9-4-8-3-2-7(5-11)6-13(8)12-9/h7-9,12H,2-6,11H2,1H3. The Kier molecular flexibility index (Phi) is 3.23. The van der Waals surface area contributed by atoms with Crippen LogP contribution < -0.4 is 11.2 Å². The van der Waals surface area contributed by atoms with Gasteiger partial charge in [0.05, 0.1) is 7.11 Å². The fourth-order valence-electron chi connectivity index (χ4n) is 2.51. The van der Waals surface area contributed by atoms with E-state index in [2.05, 4.69) is 10.4 Å². The molecule has 0 aromatic heterocycles. The van der Waals surface area contributed by atoms with Crippen LogP contribution in [0.3, 0.4) is 0 Å². The first-order chi connectivity index (χ1) is 7.24. The van der Waals surface area contributed by atoms with Crippen molar-refractivity contribution in [1.29, 1.82) is 0 Å². The van der Waals surface area contributed by atoms with Gasteiger partial charge >= 0.3 is 5.97 Å². The van der Waals surface area contributed by atoms with E-state index in [4.69, 9.17) is 10.5 Å².